The molecule has 4 heteroatoms. The van der Waals surface area contributed by atoms with Crippen molar-refractivity contribution in [2.45, 2.75) is 0 Å². The summed E-state index contributed by atoms with van der Waals surface area (Å²) >= 11 is 0. The van der Waals surface area contributed by atoms with Crippen LogP contribution in [0.3, 0.4) is 0 Å². The molecule has 0 aliphatic rings. The van der Waals surface area contributed by atoms with Crippen LogP contribution in [-0.4, -0.2) is 11.0 Å². The maximum Gasteiger partial charge on any atom is 0 e. The quantitative estimate of drug-likeness (QED) is 0.356. The fourth-order valence-electron chi connectivity index (χ4n) is 0. The van der Waals surface area contributed by atoms with Gasteiger partial charge in [-0.3, -0.25) is 0 Å². The molecule has 0 rings (SSSR count). The zero-order valence-corrected chi connectivity index (χ0v) is 6.59. The van der Waals surface area contributed by atoms with Gasteiger partial charge in [-0.25, -0.2) is 0 Å². The summed E-state index contributed by atoms with van der Waals surface area (Å²) in [5.74, 6) is 0. The smallest absolute Gasteiger partial charge is 0 e. The first-order valence-corrected chi connectivity index (χ1v) is 0. The van der Waals surface area contributed by atoms with Gasteiger partial charge in [0.2, 0.25) is 0 Å². The van der Waals surface area contributed by atoms with Crippen LogP contribution in [0.1, 0.15) is 0 Å². The van der Waals surface area contributed by atoms with Gasteiger partial charge in [0.1, 0.15) is 0 Å². The van der Waals surface area contributed by atoms with Gasteiger partial charge in [0.25, 0.3) is 0 Å². The summed E-state index contributed by atoms with van der Waals surface area (Å²) in [5.41, 5.74) is 0. The Kier molecular flexibility index (Phi) is 204. The molecule has 0 aromatic carbocycles. The van der Waals surface area contributed by atoms with Crippen LogP contribution in [0.4, 0.5) is 0 Å². The Hall–Kier alpha value is 1.89. The molecule has 0 nitrogen and oxygen atoms in total. The second kappa shape index (κ2) is 20.7. The van der Waals surface area contributed by atoms with Crippen LogP contribution < -0.4 is 0 Å². The predicted molar refractivity (Wildman–Crippen MR) is 12.7 cm³/mol. The molecule has 7 radical (unpaired) electrons. The Morgan fingerprint density at radius 2 is 1.00 bits per heavy atom. The Labute approximate surface area is 59.8 Å². The zero-order valence-electron chi connectivity index (χ0n) is 1.86. The Morgan fingerprint density at radius 3 is 1.00 bits per heavy atom. The summed E-state index contributed by atoms with van der Waals surface area (Å²) in [6, 6.07) is 0. The van der Waals surface area contributed by atoms with Crippen molar-refractivity contribution in [3.63, 3.8) is 0 Å². The van der Waals surface area contributed by atoms with Gasteiger partial charge < -0.3 is 0 Å². The van der Waals surface area contributed by atoms with Crippen LogP contribution in [0, 0.1) is 0 Å². The molecule has 0 amide bonds. The summed E-state index contributed by atoms with van der Waals surface area (Å²) in [7, 11) is 0. The van der Waals surface area contributed by atoms with Gasteiger partial charge in [0, 0.05) is 59.9 Å². The number of hydrogen-bond donors (Lipinski definition) is 0. The first-order valence-electron chi connectivity index (χ1n) is 0. The van der Waals surface area contributed by atoms with E-state index in [0.717, 1.165) is 0 Å². The van der Waals surface area contributed by atoms with Crippen molar-refractivity contribution in [2.24, 2.45) is 0 Å². The third-order valence-electron chi connectivity index (χ3n) is 0. The number of hydrogen-bond acceptors (Lipinski definition) is 0. The summed E-state index contributed by atoms with van der Waals surface area (Å²) in [6.07, 6.45) is 0. The van der Waals surface area contributed by atoms with Gasteiger partial charge in [0.15, 0.2) is 0 Å². The molecule has 0 fully saturated rings. The first-order chi connectivity index (χ1) is 0. The summed E-state index contributed by atoms with van der Waals surface area (Å²) in [4.78, 5) is 0. The second-order valence-electron chi connectivity index (χ2n) is 0. The molecule has 0 bridgehead atoms. The molecule has 0 N–H and O–H groups in total. The molecule has 0 aliphatic carbocycles. The molecular formula is CrPSiTi. The van der Waals surface area contributed by atoms with E-state index in [0.29, 0.717) is 0 Å². The standard InChI is InChI=1S/Cr.P.Si.Ti. The van der Waals surface area contributed by atoms with E-state index in [1.54, 1.807) is 0 Å². The Morgan fingerprint density at radius 1 is 1.00 bits per heavy atom. The molecule has 0 saturated carbocycles. The van der Waals surface area contributed by atoms with Gasteiger partial charge in [0.05, 0.1) is 0 Å². The summed E-state index contributed by atoms with van der Waals surface area (Å²) < 4.78 is 0. The molecule has 4 heavy (non-hydrogen) atoms. The third-order valence-corrected chi connectivity index (χ3v) is 0. The van der Waals surface area contributed by atoms with Crippen LogP contribution in [0.25, 0.3) is 0 Å². The molecule has 0 atom stereocenters. The molecular weight excluding hydrogens is 159 g/mol. The molecule has 0 aromatic rings. The Balaban J connectivity index is 0. The van der Waals surface area contributed by atoms with Crippen LogP contribution >= 0.6 is 9.90 Å². The van der Waals surface area contributed by atoms with Gasteiger partial charge in [-0.2, -0.15) is 0 Å². The fraction of sp³-hybridized carbons (Fsp3) is 0. The van der Waals surface area contributed by atoms with Crippen LogP contribution in [0.5, 0.6) is 0 Å². The average Bonchev–Trinajstić information content (AvgIpc) is 0. The van der Waals surface area contributed by atoms with E-state index in [-0.39, 0.29) is 59.9 Å². The third kappa shape index (κ3) is 9.09. The van der Waals surface area contributed by atoms with E-state index in [2.05, 4.69) is 0 Å². The minimum atomic E-state index is 0. The first kappa shape index (κ1) is 39.4. The molecule has 0 aliphatic heterocycles. The van der Waals surface area contributed by atoms with Gasteiger partial charge >= 0.3 is 0 Å². The predicted octanol–water partition coefficient (Wildman–Crippen LogP) is 0.475. The van der Waals surface area contributed by atoms with E-state index >= 15 is 0 Å². The maximum atomic E-state index is 0. The van der Waals surface area contributed by atoms with Gasteiger partial charge in [-0.15, -0.1) is 0 Å². The monoisotopic (exact) mass is 159 g/mol. The van der Waals surface area contributed by atoms with E-state index in [9.17, 15) is 0 Å². The molecule has 0 aromatic heterocycles. The summed E-state index contributed by atoms with van der Waals surface area (Å²) in [6.45, 7) is 0. The minimum Gasteiger partial charge on any atom is 0 e. The molecule has 0 unspecified atom stereocenters. The SMILES string of the molecule is [Cr].[P].[Si].[Ti]. The van der Waals surface area contributed by atoms with E-state index in [4.69, 9.17) is 0 Å². The fourth-order valence-corrected chi connectivity index (χ4v) is 0. The number of rotatable bonds is 0. The molecule has 0 heterocycles. The van der Waals surface area contributed by atoms with E-state index in [1.165, 1.54) is 0 Å². The van der Waals surface area contributed by atoms with Gasteiger partial charge in [-0.1, -0.05) is 0 Å². The van der Waals surface area contributed by atoms with Gasteiger partial charge in [-0.05, 0) is 0 Å². The van der Waals surface area contributed by atoms with Crippen LogP contribution in [0.15, 0.2) is 0 Å². The van der Waals surface area contributed by atoms with E-state index < -0.39 is 0 Å². The van der Waals surface area contributed by atoms with Crippen molar-refractivity contribution in [1.82, 2.24) is 0 Å². The topological polar surface area (TPSA) is 0 Å². The van der Waals surface area contributed by atoms with E-state index in [1.807, 2.05) is 0 Å². The largest absolute Gasteiger partial charge is 0 e. The van der Waals surface area contributed by atoms with Crippen molar-refractivity contribution in [2.75, 3.05) is 0 Å². The Bertz CT molecular complexity index is 8.00. The van der Waals surface area contributed by atoms with Crippen molar-refractivity contribution < 1.29 is 39.1 Å². The summed E-state index contributed by atoms with van der Waals surface area (Å²) in [5, 5.41) is 0. The van der Waals surface area contributed by atoms with Crippen molar-refractivity contribution in [3.8, 4) is 0 Å². The minimum absolute atomic E-state index is 0. The zero-order chi connectivity index (χ0) is 0. The normalized spacial score (nSPS) is 0. The second-order valence-corrected chi connectivity index (χ2v) is 0. The van der Waals surface area contributed by atoms with Crippen molar-refractivity contribution in [1.29, 1.82) is 0 Å². The molecule has 0 saturated heterocycles. The van der Waals surface area contributed by atoms with Crippen molar-refractivity contribution >= 4 is 20.9 Å². The van der Waals surface area contributed by atoms with Crippen LogP contribution in [-0.2, 0) is 39.1 Å². The molecule has 19 valence electrons. The maximum absolute atomic E-state index is 0. The average molecular weight is 159 g/mol. The van der Waals surface area contributed by atoms with Crippen LogP contribution in [0.2, 0.25) is 0 Å². The molecule has 0 spiro atoms. The van der Waals surface area contributed by atoms with Crippen molar-refractivity contribution in [3.05, 3.63) is 0 Å².